The Balaban J connectivity index is 0.881. The lowest BCUT2D eigenvalue weighted by atomic mass is 9.99. The zero-order valence-corrected chi connectivity index (χ0v) is 35.6. The molecular formula is C60H44N2S. The van der Waals surface area contributed by atoms with Crippen molar-refractivity contribution in [1.82, 2.24) is 0 Å². The molecule has 11 rings (SSSR count). The van der Waals surface area contributed by atoms with E-state index in [1.54, 1.807) is 0 Å². The van der Waals surface area contributed by atoms with Gasteiger partial charge in [-0.1, -0.05) is 152 Å². The van der Waals surface area contributed by atoms with Gasteiger partial charge >= 0.3 is 0 Å². The minimum Gasteiger partial charge on any atom is -0.311 e. The van der Waals surface area contributed by atoms with Crippen molar-refractivity contribution in [3.8, 4) is 44.5 Å². The molecule has 0 saturated heterocycles. The number of para-hydroxylation sites is 1. The Labute approximate surface area is 373 Å². The first-order valence-corrected chi connectivity index (χ1v) is 22.5. The van der Waals surface area contributed by atoms with Crippen LogP contribution in [0.4, 0.5) is 28.4 Å². The predicted octanol–water partition coefficient (Wildman–Crippen LogP) is 17.6. The SMILES string of the molecule is C1=CC(N(c2ccc(-c3ccccc3)cc2)c2ccc(-c3ccc4sc5ccc(-c6ccc(N(c7ccccc7)c7ccc(-c8ccccc8)cc7)cc6)cc5c4c3)cc2)=CCC1. The molecule has 0 atom stereocenters. The first-order valence-electron chi connectivity index (χ1n) is 21.7. The summed E-state index contributed by atoms with van der Waals surface area (Å²) in [4.78, 5) is 4.70. The summed E-state index contributed by atoms with van der Waals surface area (Å²) in [7, 11) is 0. The van der Waals surface area contributed by atoms with E-state index in [-0.39, 0.29) is 0 Å². The summed E-state index contributed by atoms with van der Waals surface area (Å²) in [6, 6.07) is 81.5. The van der Waals surface area contributed by atoms with Crippen LogP contribution in [0.15, 0.2) is 248 Å². The number of rotatable bonds is 10. The fourth-order valence-corrected chi connectivity index (χ4v) is 9.91. The third kappa shape index (κ3) is 7.76. The molecule has 1 heterocycles. The minimum absolute atomic E-state index is 1.04. The van der Waals surface area contributed by atoms with Crippen molar-refractivity contribution in [2.75, 3.05) is 9.80 Å². The molecule has 0 N–H and O–H groups in total. The summed E-state index contributed by atoms with van der Waals surface area (Å²) >= 11 is 1.86. The highest BCUT2D eigenvalue weighted by molar-refractivity contribution is 7.25. The number of fused-ring (bicyclic) bond motifs is 3. The highest BCUT2D eigenvalue weighted by Crippen LogP contribution is 2.41. The first-order chi connectivity index (χ1) is 31.2. The largest absolute Gasteiger partial charge is 0.311 e. The van der Waals surface area contributed by atoms with Crippen LogP contribution in [-0.2, 0) is 0 Å². The number of nitrogens with zero attached hydrogens (tertiary/aromatic N) is 2. The second kappa shape index (κ2) is 17.0. The molecule has 0 spiro atoms. The van der Waals surface area contributed by atoms with Gasteiger partial charge < -0.3 is 9.80 Å². The van der Waals surface area contributed by atoms with Crippen LogP contribution in [0, 0.1) is 0 Å². The quantitative estimate of drug-likeness (QED) is 0.136. The van der Waals surface area contributed by atoms with E-state index >= 15 is 0 Å². The number of benzene rings is 9. The van der Waals surface area contributed by atoms with Crippen LogP contribution in [0.1, 0.15) is 12.8 Å². The number of thiophene rings is 1. The molecule has 1 aliphatic rings. The Morgan fingerprint density at radius 3 is 1.06 bits per heavy atom. The molecule has 3 heteroatoms. The van der Waals surface area contributed by atoms with E-state index in [1.165, 1.54) is 70.4 Å². The van der Waals surface area contributed by atoms with Gasteiger partial charge in [-0.25, -0.2) is 0 Å². The molecule has 0 unspecified atom stereocenters. The van der Waals surface area contributed by atoms with Crippen molar-refractivity contribution in [1.29, 1.82) is 0 Å². The number of anilines is 5. The van der Waals surface area contributed by atoms with Gasteiger partial charge in [-0.05, 0) is 148 Å². The maximum Gasteiger partial charge on any atom is 0.0462 e. The van der Waals surface area contributed by atoms with Crippen LogP contribution < -0.4 is 9.80 Å². The normalized spacial score (nSPS) is 12.3. The predicted molar refractivity (Wildman–Crippen MR) is 271 cm³/mol. The van der Waals surface area contributed by atoms with Crippen molar-refractivity contribution >= 4 is 59.9 Å². The summed E-state index contributed by atoms with van der Waals surface area (Å²) in [5.41, 5.74) is 16.6. The zero-order chi connectivity index (χ0) is 42.0. The molecule has 300 valence electrons. The maximum absolute atomic E-state index is 2.38. The second-order valence-electron chi connectivity index (χ2n) is 16.1. The fraction of sp³-hybridized carbons (Fsp3) is 0.0333. The molecule has 10 aromatic rings. The van der Waals surface area contributed by atoms with Crippen molar-refractivity contribution < 1.29 is 0 Å². The number of allylic oxidation sites excluding steroid dienone is 3. The fourth-order valence-electron chi connectivity index (χ4n) is 8.85. The first kappa shape index (κ1) is 38.2. The molecule has 9 aromatic carbocycles. The van der Waals surface area contributed by atoms with Gasteiger partial charge in [-0.15, -0.1) is 11.3 Å². The Morgan fingerprint density at radius 2 is 0.651 bits per heavy atom. The van der Waals surface area contributed by atoms with E-state index in [1.807, 2.05) is 11.3 Å². The minimum atomic E-state index is 1.04. The molecule has 1 aliphatic carbocycles. The van der Waals surface area contributed by atoms with Crippen LogP contribution in [0.5, 0.6) is 0 Å². The van der Waals surface area contributed by atoms with Crippen LogP contribution in [0.3, 0.4) is 0 Å². The van der Waals surface area contributed by atoms with Gasteiger partial charge in [0.05, 0.1) is 0 Å². The van der Waals surface area contributed by atoms with Gasteiger partial charge in [0.1, 0.15) is 0 Å². The molecular weight excluding hydrogens is 781 g/mol. The number of hydrogen-bond acceptors (Lipinski definition) is 3. The Kier molecular flexibility index (Phi) is 10.3. The summed E-state index contributed by atoms with van der Waals surface area (Å²) in [5.74, 6) is 0. The third-order valence-electron chi connectivity index (χ3n) is 12.1. The molecule has 63 heavy (non-hydrogen) atoms. The average Bonchev–Trinajstić information content (AvgIpc) is 3.74. The second-order valence-corrected chi connectivity index (χ2v) is 17.1. The summed E-state index contributed by atoms with van der Waals surface area (Å²) < 4.78 is 2.60. The smallest absolute Gasteiger partial charge is 0.0462 e. The van der Waals surface area contributed by atoms with Gasteiger partial charge in [0.2, 0.25) is 0 Å². The third-order valence-corrected chi connectivity index (χ3v) is 13.3. The van der Waals surface area contributed by atoms with Gasteiger partial charge in [-0.2, -0.15) is 0 Å². The summed E-state index contributed by atoms with van der Waals surface area (Å²) in [5, 5.41) is 2.59. The Hall–Kier alpha value is -7.72. The lowest BCUT2D eigenvalue weighted by Gasteiger charge is -2.28. The molecule has 0 fully saturated rings. The van der Waals surface area contributed by atoms with Crippen molar-refractivity contribution in [3.63, 3.8) is 0 Å². The van der Waals surface area contributed by atoms with Crippen molar-refractivity contribution in [3.05, 3.63) is 248 Å². The monoisotopic (exact) mass is 824 g/mol. The molecule has 0 radical (unpaired) electrons. The summed E-state index contributed by atoms with van der Waals surface area (Å²) in [6.45, 7) is 0. The molecule has 2 nitrogen and oxygen atoms in total. The highest BCUT2D eigenvalue weighted by atomic mass is 32.1. The van der Waals surface area contributed by atoms with Crippen LogP contribution in [0.25, 0.3) is 64.7 Å². The van der Waals surface area contributed by atoms with E-state index in [2.05, 4.69) is 252 Å². The summed E-state index contributed by atoms with van der Waals surface area (Å²) in [6.07, 6.45) is 9.01. The zero-order valence-electron chi connectivity index (χ0n) is 34.8. The topological polar surface area (TPSA) is 6.48 Å². The molecule has 0 aliphatic heterocycles. The lowest BCUT2D eigenvalue weighted by Crippen LogP contribution is -2.16. The standard InChI is InChI=1S/C60H44N2S/c1-5-13-43(14-6-1)45-21-31-53(32-22-45)61(51-17-9-3-10-18-51)55-35-25-47(26-36-55)49-29-39-59-57(41-49)58-42-50(30-40-60(58)63-59)48-27-37-56(38-28-48)62(52-19-11-4-12-20-52)54-33-23-46(24-34-54)44-15-7-2-8-16-44/h1-3,5-11,13-42H,4,12H2. The molecule has 0 saturated carbocycles. The maximum atomic E-state index is 2.38. The highest BCUT2D eigenvalue weighted by Gasteiger charge is 2.17. The van der Waals surface area contributed by atoms with E-state index in [9.17, 15) is 0 Å². The lowest BCUT2D eigenvalue weighted by molar-refractivity contribution is 0.997. The van der Waals surface area contributed by atoms with Gasteiger partial charge in [0.15, 0.2) is 0 Å². The van der Waals surface area contributed by atoms with Gasteiger partial charge in [0, 0.05) is 54.3 Å². The molecule has 0 bridgehead atoms. The molecule has 1 aromatic heterocycles. The van der Waals surface area contributed by atoms with Crippen LogP contribution in [0.2, 0.25) is 0 Å². The van der Waals surface area contributed by atoms with E-state index in [0.29, 0.717) is 0 Å². The van der Waals surface area contributed by atoms with Gasteiger partial charge in [0.25, 0.3) is 0 Å². The average molecular weight is 825 g/mol. The number of hydrogen-bond donors (Lipinski definition) is 0. The van der Waals surface area contributed by atoms with E-state index in [4.69, 9.17) is 0 Å². The van der Waals surface area contributed by atoms with E-state index < -0.39 is 0 Å². The molecule has 0 amide bonds. The van der Waals surface area contributed by atoms with Crippen molar-refractivity contribution in [2.45, 2.75) is 12.8 Å². The Bertz CT molecular complexity index is 3220. The van der Waals surface area contributed by atoms with Gasteiger partial charge in [-0.3, -0.25) is 0 Å². The van der Waals surface area contributed by atoms with Crippen LogP contribution >= 0.6 is 11.3 Å². The van der Waals surface area contributed by atoms with Crippen LogP contribution in [-0.4, -0.2) is 0 Å². The Morgan fingerprint density at radius 1 is 0.302 bits per heavy atom. The van der Waals surface area contributed by atoms with E-state index in [0.717, 1.165) is 41.3 Å². The van der Waals surface area contributed by atoms with Crippen molar-refractivity contribution in [2.24, 2.45) is 0 Å².